The molecule has 142 valence electrons. The minimum atomic E-state index is -0.356. The molecule has 27 heavy (non-hydrogen) atoms. The van der Waals surface area contributed by atoms with Crippen LogP contribution in [-0.4, -0.2) is 53.0 Å². The van der Waals surface area contributed by atoms with Crippen LogP contribution in [0.4, 0.5) is 21.0 Å². The molecule has 8 nitrogen and oxygen atoms in total. The molecule has 1 unspecified atom stereocenters. The average Bonchev–Trinajstić information content (AvgIpc) is 3.35. The first-order valence-corrected chi connectivity index (χ1v) is 9.14. The SMILES string of the molecule is Cc1cc(C)n(C2CCN(C(=O)Nc3cccc(N4CCOC4=O)c3)C2)n1. The Bertz CT molecular complexity index is 878. The fourth-order valence-corrected chi connectivity index (χ4v) is 3.72. The molecular weight excluding hydrogens is 346 g/mol. The lowest BCUT2D eigenvalue weighted by atomic mass is 10.2. The van der Waals surface area contributed by atoms with Crippen molar-refractivity contribution in [1.82, 2.24) is 14.7 Å². The van der Waals surface area contributed by atoms with Gasteiger partial charge in [0.15, 0.2) is 0 Å². The van der Waals surface area contributed by atoms with Gasteiger partial charge in [0.1, 0.15) is 6.61 Å². The van der Waals surface area contributed by atoms with E-state index in [-0.39, 0.29) is 18.2 Å². The predicted molar refractivity (Wildman–Crippen MR) is 101 cm³/mol. The molecule has 0 saturated carbocycles. The molecule has 0 spiro atoms. The highest BCUT2D eigenvalue weighted by Gasteiger charge is 2.29. The van der Waals surface area contributed by atoms with Crippen LogP contribution in [0, 0.1) is 13.8 Å². The summed E-state index contributed by atoms with van der Waals surface area (Å²) in [6.07, 6.45) is 0.528. The van der Waals surface area contributed by atoms with Gasteiger partial charge in [-0.25, -0.2) is 9.59 Å². The molecule has 0 bridgehead atoms. The second-order valence-corrected chi connectivity index (χ2v) is 7.01. The number of aryl methyl sites for hydroxylation is 2. The average molecular weight is 369 g/mol. The zero-order valence-corrected chi connectivity index (χ0v) is 15.5. The van der Waals surface area contributed by atoms with Crippen LogP contribution >= 0.6 is 0 Å². The monoisotopic (exact) mass is 369 g/mol. The van der Waals surface area contributed by atoms with Gasteiger partial charge in [-0.15, -0.1) is 0 Å². The lowest BCUT2D eigenvalue weighted by Crippen LogP contribution is -2.33. The van der Waals surface area contributed by atoms with Crippen molar-refractivity contribution in [2.45, 2.75) is 26.3 Å². The van der Waals surface area contributed by atoms with Crippen LogP contribution < -0.4 is 10.2 Å². The maximum Gasteiger partial charge on any atom is 0.414 e. The minimum Gasteiger partial charge on any atom is -0.447 e. The molecule has 2 aliphatic rings. The summed E-state index contributed by atoms with van der Waals surface area (Å²) >= 11 is 0. The Labute approximate surface area is 157 Å². The van der Waals surface area contributed by atoms with Crippen LogP contribution in [0.5, 0.6) is 0 Å². The van der Waals surface area contributed by atoms with Gasteiger partial charge in [-0.1, -0.05) is 6.07 Å². The number of hydrogen-bond acceptors (Lipinski definition) is 4. The number of ether oxygens (including phenoxy) is 1. The minimum absolute atomic E-state index is 0.139. The number of aromatic nitrogens is 2. The summed E-state index contributed by atoms with van der Waals surface area (Å²) in [5.74, 6) is 0. The molecule has 1 atom stereocenters. The summed E-state index contributed by atoms with van der Waals surface area (Å²) in [6.45, 7) is 6.24. The summed E-state index contributed by atoms with van der Waals surface area (Å²) < 4.78 is 6.99. The highest BCUT2D eigenvalue weighted by molar-refractivity contribution is 5.93. The van der Waals surface area contributed by atoms with Gasteiger partial charge in [-0.05, 0) is 44.5 Å². The van der Waals surface area contributed by atoms with E-state index in [1.54, 1.807) is 15.9 Å². The van der Waals surface area contributed by atoms with Crippen LogP contribution in [0.1, 0.15) is 23.9 Å². The third kappa shape index (κ3) is 3.47. The van der Waals surface area contributed by atoms with Gasteiger partial charge >= 0.3 is 12.1 Å². The van der Waals surface area contributed by atoms with E-state index in [1.165, 1.54) is 0 Å². The van der Waals surface area contributed by atoms with Gasteiger partial charge in [-0.2, -0.15) is 5.10 Å². The summed E-state index contributed by atoms with van der Waals surface area (Å²) in [6, 6.07) is 9.37. The summed E-state index contributed by atoms with van der Waals surface area (Å²) in [4.78, 5) is 27.7. The number of likely N-dealkylation sites (tertiary alicyclic amines) is 1. The quantitative estimate of drug-likeness (QED) is 0.902. The van der Waals surface area contributed by atoms with Gasteiger partial charge in [0, 0.05) is 30.2 Å². The molecule has 2 fully saturated rings. The number of benzene rings is 1. The van der Waals surface area contributed by atoms with E-state index in [0.29, 0.717) is 31.9 Å². The first kappa shape index (κ1) is 17.4. The van der Waals surface area contributed by atoms with E-state index < -0.39 is 0 Å². The molecule has 2 aliphatic heterocycles. The number of rotatable bonds is 3. The molecule has 3 heterocycles. The predicted octanol–water partition coefficient (Wildman–Crippen LogP) is 2.94. The third-order valence-corrected chi connectivity index (χ3v) is 5.01. The van der Waals surface area contributed by atoms with Gasteiger partial charge in [0.25, 0.3) is 0 Å². The van der Waals surface area contributed by atoms with E-state index >= 15 is 0 Å². The lowest BCUT2D eigenvalue weighted by Gasteiger charge is -2.19. The smallest absolute Gasteiger partial charge is 0.414 e. The maximum atomic E-state index is 12.7. The molecule has 0 radical (unpaired) electrons. The van der Waals surface area contributed by atoms with Crippen LogP contribution in [0.2, 0.25) is 0 Å². The standard InChI is InChI=1S/C19H23N5O3/c1-13-10-14(2)24(21-13)17-6-7-22(12-17)18(25)20-15-4-3-5-16(11-15)23-8-9-27-19(23)26/h3-5,10-11,17H,6-9,12H2,1-2H3,(H,20,25). The van der Waals surface area contributed by atoms with Crippen LogP contribution in [0.3, 0.4) is 0 Å². The van der Waals surface area contributed by atoms with Crippen molar-refractivity contribution in [3.05, 3.63) is 41.7 Å². The fraction of sp³-hybridized carbons (Fsp3) is 0.421. The van der Waals surface area contributed by atoms with Crippen molar-refractivity contribution < 1.29 is 14.3 Å². The third-order valence-electron chi connectivity index (χ3n) is 5.01. The number of nitrogens with zero attached hydrogens (tertiary/aromatic N) is 4. The normalized spacial score (nSPS) is 19.5. The zero-order chi connectivity index (χ0) is 19.0. The molecule has 3 amide bonds. The molecule has 1 N–H and O–H groups in total. The van der Waals surface area contributed by atoms with Gasteiger partial charge in [-0.3, -0.25) is 9.58 Å². The zero-order valence-electron chi connectivity index (χ0n) is 15.5. The lowest BCUT2D eigenvalue weighted by molar-refractivity contribution is 0.181. The number of carbonyl (C=O) groups is 2. The molecular formula is C19H23N5O3. The fourth-order valence-electron chi connectivity index (χ4n) is 3.72. The van der Waals surface area contributed by atoms with Crippen LogP contribution in [-0.2, 0) is 4.74 Å². The van der Waals surface area contributed by atoms with Crippen molar-refractivity contribution in [3.8, 4) is 0 Å². The van der Waals surface area contributed by atoms with Gasteiger partial charge in [0.05, 0.1) is 18.3 Å². The number of cyclic esters (lactones) is 1. The Morgan fingerprint density at radius 2 is 2.11 bits per heavy atom. The first-order chi connectivity index (χ1) is 13.0. The molecule has 1 aromatic carbocycles. The topological polar surface area (TPSA) is 79.7 Å². The number of urea groups is 1. The van der Waals surface area contributed by atoms with Crippen molar-refractivity contribution in [2.75, 3.05) is 36.5 Å². The second kappa shape index (κ2) is 6.94. The Morgan fingerprint density at radius 1 is 1.26 bits per heavy atom. The van der Waals surface area contributed by atoms with Crippen molar-refractivity contribution >= 4 is 23.5 Å². The molecule has 2 saturated heterocycles. The maximum absolute atomic E-state index is 12.7. The summed E-state index contributed by atoms with van der Waals surface area (Å²) in [7, 11) is 0. The van der Waals surface area contributed by atoms with Crippen LogP contribution in [0.25, 0.3) is 0 Å². The van der Waals surface area contributed by atoms with Crippen molar-refractivity contribution in [2.24, 2.45) is 0 Å². The number of carbonyl (C=O) groups excluding carboxylic acids is 2. The second-order valence-electron chi connectivity index (χ2n) is 7.01. The van der Waals surface area contributed by atoms with Crippen molar-refractivity contribution in [3.63, 3.8) is 0 Å². The molecule has 2 aromatic rings. The molecule has 0 aliphatic carbocycles. The number of anilines is 2. The molecule has 1 aromatic heterocycles. The first-order valence-electron chi connectivity index (χ1n) is 9.14. The van der Waals surface area contributed by atoms with E-state index in [2.05, 4.69) is 16.5 Å². The highest BCUT2D eigenvalue weighted by atomic mass is 16.6. The Hall–Kier alpha value is -3.03. The highest BCUT2D eigenvalue weighted by Crippen LogP contribution is 2.25. The van der Waals surface area contributed by atoms with Crippen molar-refractivity contribution in [1.29, 1.82) is 0 Å². The Balaban J connectivity index is 1.41. The van der Waals surface area contributed by atoms with Gasteiger partial charge < -0.3 is 15.0 Å². The summed E-state index contributed by atoms with van der Waals surface area (Å²) in [5.41, 5.74) is 3.49. The van der Waals surface area contributed by atoms with E-state index in [9.17, 15) is 9.59 Å². The Kier molecular flexibility index (Phi) is 4.47. The number of hydrogen-bond donors (Lipinski definition) is 1. The number of amides is 3. The summed E-state index contributed by atoms with van der Waals surface area (Å²) in [5, 5.41) is 7.47. The van der Waals surface area contributed by atoms with E-state index in [0.717, 1.165) is 23.5 Å². The largest absolute Gasteiger partial charge is 0.447 e. The van der Waals surface area contributed by atoms with Gasteiger partial charge in [0.2, 0.25) is 0 Å². The Morgan fingerprint density at radius 3 is 2.81 bits per heavy atom. The van der Waals surface area contributed by atoms with Crippen LogP contribution in [0.15, 0.2) is 30.3 Å². The molecule has 4 rings (SSSR count). The number of nitrogens with one attached hydrogen (secondary N) is 1. The van der Waals surface area contributed by atoms with E-state index in [1.807, 2.05) is 36.7 Å². The molecule has 8 heteroatoms. The van der Waals surface area contributed by atoms with E-state index in [4.69, 9.17) is 4.74 Å².